The van der Waals surface area contributed by atoms with Crippen molar-refractivity contribution in [2.75, 3.05) is 25.3 Å². The van der Waals surface area contributed by atoms with Crippen molar-refractivity contribution in [3.63, 3.8) is 0 Å². The maximum atomic E-state index is 12.9. The van der Waals surface area contributed by atoms with Crippen LogP contribution in [-0.4, -0.2) is 46.6 Å². The largest absolute Gasteiger partial charge is 0.497 e. The lowest BCUT2D eigenvalue weighted by molar-refractivity contribution is -0.113. The number of aromatic nitrogens is 3. The van der Waals surface area contributed by atoms with Gasteiger partial charge in [-0.05, 0) is 61.4 Å². The van der Waals surface area contributed by atoms with Crippen LogP contribution >= 0.6 is 11.8 Å². The Morgan fingerprint density at radius 3 is 2.11 bits per heavy atom. The van der Waals surface area contributed by atoms with Gasteiger partial charge in [-0.2, -0.15) is 0 Å². The van der Waals surface area contributed by atoms with Crippen LogP contribution in [0.1, 0.15) is 43.0 Å². The van der Waals surface area contributed by atoms with E-state index in [9.17, 15) is 9.59 Å². The van der Waals surface area contributed by atoms with Crippen LogP contribution in [0, 0.1) is 5.92 Å². The van der Waals surface area contributed by atoms with Crippen LogP contribution in [0.15, 0.2) is 53.7 Å². The van der Waals surface area contributed by atoms with E-state index in [-0.39, 0.29) is 29.5 Å². The smallest absolute Gasteiger partial charge is 0.251 e. The fourth-order valence-corrected chi connectivity index (χ4v) is 4.24. The maximum Gasteiger partial charge on any atom is 0.251 e. The van der Waals surface area contributed by atoms with Gasteiger partial charge >= 0.3 is 0 Å². The minimum Gasteiger partial charge on any atom is -0.497 e. The Balaban J connectivity index is 1.68. The first-order chi connectivity index (χ1) is 16.9. The number of carbonyl (C=O) groups excluding carboxylic acids is 2. The molecule has 0 saturated carbocycles. The molecule has 1 aromatic heterocycles. The van der Waals surface area contributed by atoms with Gasteiger partial charge in [-0.15, -0.1) is 10.2 Å². The summed E-state index contributed by atoms with van der Waals surface area (Å²) in [4.78, 5) is 25.3. The molecule has 9 nitrogen and oxygen atoms in total. The Labute approximate surface area is 209 Å². The van der Waals surface area contributed by atoms with Crippen molar-refractivity contribution in [3.8, 4) is 11.5 Å². The number of nitrogens with zero attached hydrogens (tertiary/aromatic N) is 3. The molecular formula is C25H31N5O4S. The van der Waals surface area contributed by atoms with Crippen LogP contribution in [0.5, 0.6) is 11.5 Å². The highest BCUT2D eigenvalue weighted by atomic mass is 32.2. The normalized spacial score (nSPS) is 11.7. The number of hydrogen-bond acceptors (Lipinski definition) is 7. The van der Waals surface area contributed by atoms with E-state index in [0.29, 0.717) is 34.5 Å². The molecule has 0 saturated heterocycles. The highest BCUT2D eigenvalue weighted by molar-refractivity contribution is 7.99. The van der Waals surface area contributed by atoms with Crippen molar-refractivity contribution in [1.29, 1.82) is 0 Å². The summed E-state index contributed by atoms with van der Waals surface area (Å²) >= 11 is 1.30. The highest BCUT2D eigenvalue weighted by Gasteiger charge is 2.26. The molecule has 0 unspecified atom stereocenters. The van der Waals surface area contributed by atoms with Gasteiger partial charge in [0.2, 0.25) is 5.91 Å². The summed E-state index contributed by atoms with van der Waals surface area (Å²) in [6, 6.07) is 13.7. The number of methoxy groups -OCH3 is 2. The third-order valence-corrected chi connectivity index (χ3v) is 6.32. The number of ether oxygens (including phenoxy) is 2. The van der Waals surface area contributed by atoms with E-state index in [2.05, 4.69) is 20.8 Å². The lowest BCUT2D eigenvalue weighted by atomic mass is 10.0. The number of nitrogens with one attached hydrogen (secondary N) is 2. The van der Waals surface area contributed by atoms with Crippen LogP contribution in [0.25, 0.3) is 0 Å². The molecular weight excluding hydrogens is 466 g/mol. The molecule has 35 heavy (non-hydrogen) atoms. The van der Waals surface area contributed by atoms with Gasteiger partial charge in [-0.25, -0.2) is 0 Å². The van der Waals surface area contributed by atoms with Crippen molar-refractivity contribution in [3.05, 3.63) is 59.9 Å². The first kappa shape index (κ1) is 26.1. The predicted octanol–water partition coefficient (Wildman–Crippen LogP) is 4.17. The maximum absolute atomic E-state index is 12.9. The second kappa shape index (κ2) is 12.3. The van der Waals surface area contributed by atoms with E-state index in [1.54, 1.807) is 62.8 Å². The van der Waals surface area contributed by atoms with E-state index >= 15 is 0 Å². The minimum absolute atomic E-state index is 0.0721. The molecule has 0 aliphatic heterocycles. The van der Waals surface area contributed by atoms with E-state index in [1.807, 2.05) is 25.3 Å². The van der Waals surface area contributed by atoms with Crippen LogP contribution in [0.2, 0.25) is 0 Å². The number of rotatable bonds is 11. The molecule has 0 spiro atoms. The van der Waals surface area contributed by atoms with E-state index in [4.69, 9.17) is 9.47 Å². The predicted molar refractivity (Wildman–Crippen MR) is 136 cm³/mol. The average molecular weight is 498 g/mol. The fraction of sp³-hybridized carbons (Fsp3) is 0.360. The first-order valence-corrected chi connectivity index (χ1v) is 12.3. The van der Waals surface area contributed by atoms with Crippen LogP contribution in [0.3, 0.4) is 0 Å². The highest BCUT2D eigenvalue weighted by Crippen LogP contribution is 2.26. The summed E-state index contributed by atoms with van der Waals surface area (Å²) in [6.07, 6.45) is 0. The summed E-state index contributed by atoms with van der Waals surface area (Å²) in [5.74, 6) is 1.95. The number of carbonyl (C=O) groups is 2. The average Bonchev–Trinajstić information content (AvgIpc) is 3.28. The van der Waals surface area contributed by atoms with Gasteiger partial charge < -0.3 is 24.7 Å². The first-order valence-electron chi connectivity index (χ1n) is 11.3. The van der Waals surface area contributed by atoms with Crippen molar-refractivity contribution >= 4 is 29.3 Å². The standard InChI is InChI=1S/C25H31N5O4S/c1-6-30-23(22(16(2)3)27-24(32)17-7-11-19(33-4)12-8-17)28-29-25(30)35-15-21(31)26-18-9-13-20(34-5)14-10-18/h7-14,16,22H,6,15H2,1-5H3,(H,26,31)(H,27,32)/t22-/m0/s1. The van der Waals surface area contributed by atoms with E-state index in [0.717, 1.165) is 5.75 Å². The zero-order valence-electron chi connectivity index (χ0n) is 20.6. The van der Waals surface area contributed by atoms with Gasteiger partial charge in [-0.3, -0.25) is 9.59 Å². The molecule has 0 aliphatic rings. The molecule has 186 valence electrons. The topological polar surface area (TPSA) is 107 Å². The molecule has 0 aliphatic carbocycles. The number of hydrogen-bond donors (Lipinski definition) is 2. The zero-order valence-corrected chi connectivity index (χ0v) is 21.4. The summed E-state index contributed by atoms with van der Waals surface area (Å²) in [6.45, 7) is 6.62. The molecule has 3 aromatic rings. The van der Waals surface area contributed by atoms with Gasteiger partial charge in [0.15, 0.2) is 11.0 Å². The van der Waals surface area contributed by atoms with Crippen molar-refractivity contribution < 1.29 is 19.1 Å². The summed E-state index contributed by atoms with van der Waals surface area (Å²) < 4.78 is 12.2. The SMILES string of the molecule is CCn1c(SCC(=O)Nc2ccc(OC)cc2)nnc1[C@@H](NC(=O)c1ccc(OC)cc1)C(C)C. The van der Waals surface area contributed by atoms with Crippen LogP contribution in [-0.2, 0) is 11.3 Å². The number of anilines is 1. The third kappa shape index (κ3) is 6.75. The Kier molecular flexibility index (Phi) is 9.13. The van der Waals surface area contributed by atoms with Gasteiger partial charge in [0.1, 0.15) is 11.5 Å². The van der Waals surface area contributed by atoms with E-state index in [1.165, 1.54) is 11.8 Å². The molecule has 1 atom stereocenters. The van der Waals surface area contributed by atoms with Crippen molar-refractivity contribution in [2.24, 2.45) is 5.92 Å². The molecule has 0 radical (unpaired) electrons. The van der Waals surface area contributed by atoms with Crippen LogP contribution < -0.4 is 20.1 Å². The van der Waals surface area contributed by atoms with Crippen molar-refractivity contribution in [1.82, 2.24) is 20.1 Å². The van der Waals surface area contributed by atoms with Crippen molar-refractivity contribution in [2.45, 2.75) is 38.5 Å². The lowest BCUT2D eigenvalue weighted by Gasteiger charge is -2.22. The number of amides is 2. The molecule has 0 bridgehead atoms. The Hall–Kier alpha value is -3.53. The molecule has 2 aromatic carbocycles. The van der Waals surface area contributed by atoms with Gasteiger partial charge in [0.05, 0.1) is 26.0 Å². The Bertz CT molecular complexity index is 1130. The minimum atomic E-state index is -0.348. The van der Waals surface area contributed by atoms with Gasteiger partial charge in [0.25, 0.3) is 5.91 Å². The molecule has 1 heterocycles. The molecule has 10 heteroatoms. The third-order valence-electron chi connectivity index (χ3n) is 5.35. The molecule has 3 rings (SSSR count). The fourth-order valence-electron chi connectivity index (χ4n) is 3.43. The van der Waals surface area contributed by atoms with Crippen LogP contribution in [0.4, 0.5) is 5.69 Å². The quantitative estimate of drug-likeness (QED) is 0.383. The number of benzene rings is 2. The molecule has 0 fully saturated rings. The Morgan fingerprint density at radius 1 is 0.971 bits per heavy atom. The van der Waals surface area contributed by atoms with E-state index < -0.39 is 0 Å². The summed E-state index contributed by atoms with van der Waals surface area (Å²) in [5, 5.41) is 15.2. The second-order valence-electron chi connectivity index (χ2n) is 8.07. The molecule has 2 amide bonds. The van der Waals surface area contributed by atoms with Gasteiger partial charge in [-0.1, -0.05) is 25.6 Å². The Morgan fingerprint density at radius 2 is 1.57 bits per heavy atom. The zero-order chi connectivity index (χ0) is 25.4. The molecule has 2 N–H and O–H groups in total. The monoisotopic (exact) mass is 497 g/mol. The second-order valence-corrected chi connectivity index (χ2v) is 9.02. The van der Waals surface area contributed by atoms with Gasteiger partial charge in [0, 0.05) is 17.8 Å². The lowest BCUT2D eigenvalue weighted by Crippen LogP contribution is -2.33. The summed E-state index contributed by atoms with van der Waals surface area (Å²) in [5.41, 5.74) is 1.22. The summed E-state index contributed by atoms with van der Waals surface area (Å²) in [7, 11) is 3.18. The number of thioether (sulfide) groups is 1.